The second-order valence-corrected chi connectivity index (χ2v) is 4.26. The molecule has 16 heavy (non-hydrogen) atoms. The highest BCUT2D eigenvalue weighted by Crippen LogP contribution is 2.21. The maximum Gasteiger partial charge on any atom is 0.124 e. The third kappa shape index (κ3) is 2.74. The maximum atomic E-state index is 5.79. The molecule has 3 heteroatoms. The van der Waals surface area contributed by atoms with Crippen molar-refractivity contribution in [3.8, 4) is 5.75 Å². The van der Waals surface area contributed by atoms with E-state index in [1.54, 1.807) is 0 Å². The summed E-state index contributed by atoms with van der Waals surface area (Å²) in [6.07, 6.45) is 2.50. The predicted octanol–water partition coefficient (Wildman–Crippen LogP) is 2.01. The molecule has 0 aliphatic carbocycles. The third-order valence-corrected chi connectivity index (χ3v) is 2.89. The summed E-state index contributed by atoms with van der Waals surface area (Å²) < 4.78 is 11.3. The third-order valence-electron chi connectivity index (χ3n) is 2.89. The van der Waals surface area contributed by atoms with Crippen molar-refractivity contribution in [2.24, 2.45) is 5.73 Å². The highest BCUT2D eigenvalue weighted by molar-refractivity contribution is 5.37. The molecule has 88 valence electrons. The molecule has 1 aliphatic rings. The van der Waals surface area contributed by atoms with Crippen molar-refractivity contribution in [1.29, 1.82) is 0 Å². The van der Waals surface area contributed by atoms with Gasteiger partial charge in [0.05, 0.1) is 6.10 Å². The molecule has 3 nitrogen and oxygen atoms in total. The fraction of sp³-hybridized carbons (Fsp3) is 0.538. The molecule has 0 spiro atoms. The summed E-state index contributed by atoms with van der Waals surface area (Å²) in [5, 5.41) is 0. The van der Waals surface area contributed by atoms with Crippen molar-refractivity contribution in [3.63, 3.8) is 0 Å². The first-order valence-corrected chi connectivity index (χ1v) is 5.83. The monoisotopic (exact) mass is 221 g/mol. The SMILES string of the molecule is Cc1ccc(CN)c(OC[C@@H]2CCCO2)c1. The van der Waals surface area contributed by atoms with Crippen molar-refractivity contribution < 1.29 is 9.47 Å². The first-order valence-electron chi connectivity index (χ1n) is 5.83. The van der Waals surface area contributed by atoms with Crippen LogP contribution < -0.4 is 10.5 Å². The van der Waals surface area contributed by atoms with Crippen LogP contribution in [-0.2, 0) is 11.3 Å². The number of hydrogen-bond acceptors (Lipinski definition) is 3. The van der Waals surface area contributed by atoms with Crippen LogP contribution >= 0.6 is 0 Å². The minimum atomic E-state index is 0.256. The fourth-order valence-corrected chi connectivity index (χ4v) is 1.92. The summed E-state index contributed by atoms with van der Waals surface area (Å²) in [6, 6.07) is 6.12. The molecule has 2 rings (SSSR count). The Morgan fingerprint density at radius 3 is 3.06 bits per heavy atom. The molecule has 0 aromatic heterocycles. The lowest BCUT2D eigenvalue weighted by Crippen LogP contribution is -2.17. The zero-order valence-corrected chi connectivity index (χ0v) is 9.74. The summed E-state index contributed by atoms with van der Waals surface area (Å²) >= 11 is 0. The summed E-state index contributed by atoms with van der Waals surface area (Å²) in [5.41, 5.74) is 7.93. The van der Waals surface area contributed by atoms with Crippen LogP contribution in [0.15, 0.2) is 18.2 Å². The van der Waals surface area contributed by atoms with E-state index in [0.29, 0.717) is 13.2 Å². The highest BCUT2D eigenvalue weighted by Gasteiger charge is 2.16. The molecule has 0 amide bonds. The van der Waals surface area contributed by atoms with Gasteiger partial charge in [-0.15, -0.1) is 0 Å². The van der Waals surface area contributed by atoms with Gasteiger partial charge < -0.3 is 15.2 Å². The Morgan fingerprint density at radius 1 is 1.50 bits per heavy atom. The highest BCUT2D eigenvalue weighted by atomic mass is 16.5. The molecule has 0 bridgehead atoms. The first-order chi connectivity index (χ1) is 7.79. The second-order valence-electron chi connectivity index (χ2n) is 4.26. The molecule has 0 radical (unpaired) electrons. The summed E-state index contributed by atoms with van der Waals surface area (Å²) in [5.74, 6) is 0.901. The van der Waals surface area contributed by atoms with E-state index in [1.807, 2.05) is 12.1 Å². The Kier molecular flexibility index (Phi) is 3.80. The van der Waals surface area contributed by atoms with E-state index in [9.17, 15) is 0 Å². The second kappa shape index (κ2) is 5.32. The van der Waals surface area contributed by atoms with E-state index in [0.717, 1.165) is 30.8 Å². The number of rotatable bonds is 4. The molecule has 1 aromatic rings. The molecule has 1 atom stereocenters. The number of benzene rings is 1. The van der Waals surface area contributed by atoms with Crippen molar-refractivity contribution in [1.82, 2.24) is 0 Å². The number of hydrogen-bond donors (Lipinski definition) is 1. The van der Waals surface area contributed by atoms with Gasteiger partial charge in [-0.25, -0.2) is 0 Å². The van der Waals surface area contributed by atoms with Gasteiger partial charge in [0.15, 0.2) is 0 Å². The number of nitrogens with two attached hydrogens (primary N) is 1. The zero-order valence-electron chi connectivity index (χ0n) is 9.74. The van der Waals surface area contributed by atoms with Crippen molar-refractivity contribution in [3.05, 3.63) is 29.3 Å². The Bertz CT molecular complexity index is 346. The van der Waals surface area contributed by atoms with Crippen molar-refractivity contribution >= 4 is 0 Å². The fourth-order valence-electron chi connectivity index (χ4n) is 1.92. The van der Waals surface area contributed by atoms with Crippen LogP contribution in [0.5, 0.6) is 5.75 Å². The average Bonchev–Trinajstić information content (AvgIpc) is 2.79. The summed E-state index contributed by atoms with van der Waals surface area (Å²) in [4.78, 5) is 0. The zero-order chi connectivity index (χ0) is 11.4. The number of ether oxygens (including phenoxy) is 2. The Hall–Kier alpha value is -1.06. The van der Waals surface area contributed by atoms with E-state index >= 15 is 0 Å². The lowest BCUT2D eigenvalue weighted by molar-refractivity contribution is 0.0676. The molecule has 1 saturated heterocycles. The lowest BCUT2D eigenvalue weighted by Gasteiger charge is -2.14. The van der Waals surface area contributed by atoms with Gasteiger partial charge in [-0.05, 0) is 31.4 Å². The molecule has 0 unspecified atom stereocenters. The van der Waals surface area contributed by atoms with E-state index in [-0.39, 0.29) is 6.10 Å². The molecule has 1 fully saturated rings. The smallest absolute Gasteiger partial charge is 0.124 e. The van der Waals surface area contributed by atoms with E-state index in [4.69, 9.17) is 15.2 Å². The van der Waals surface area contributed by atoms with Gasteiger partial charge >= 0.3 is 0 Å². The molecule has 0 saturated carbocycles. The van der Waals surface area contributed by atoms with Crippen LogP contribution in [-0.4, -0.2) is 19.3 Å². The van der Waals surface area contributed by atoms with E-state index in [2.05, 4.69) is 13.0 Å². The molecule has 1 aliphatic heterocycles. The first kappa shape index (κ1) is 11.4. The van der Waals surface area contributed by atoms with Gasteiger partial charge in [0.2, 0.25) is 0 Å². The molecular weight excluding hydrogens is 202 g/mol. The van der Waals surface area contributed by atoms with Crippen LogP contribution in [0.1, 0.15) is 24.0 Å². The minimum absolute atomic E-state index is 0.256. The van der Waals surface area contributed by atoms with Gasteiger partial charge in [0.1, 0.15) is 12.4 Å². The quantitative estimate of drug-likeness (QED) is 0.846. The minimum Gasteiger partial charge on any atom is -0.491 e. The van der Waals surface area contributed by atoms with Crippen LogP contribution in [0, 0.1) is 6.92 Å². The normalized spacial score (nSPS) is 20.0. The van der Waals surface area contributed by atoms with Crippen LogP contribution in [0.3, 0.4) is 0 Å². The van der Waals surface area contributed by atoms with Gasteiger partial charge in [-0.2, -0.15) is 0 Å². The molecule has 1 aromatic carbocycles. The summed E-state index contributed by atoms with van der Waals surface area (Å²) in [7, 11) is 0. The largest absolute Gasteiger partial charge is 0.491 e. The van der Waals surface area contributed by atoms with E-state index < -0.39 is 0 Å². The summed E-state index contributed by atoms with van der Waals surface area (Å²) in [6.45, 7) is 4.07. The van der Waals surface area contributed by atoms with Crippen LogP contribution in [0.2, 0.25) is 0 Å². The van der Waals surface area contributed by atoms with Crippen LogP contribution in [0.25, 0.3) is 0 Å². The van der Waals surface area contributed by atoms with Crippen molar-refractivity contribution in [2.45, 2.75) is 32.4 Å². The van der Waals surface area contributed by atoms with Gasteiger partial charge in [0.25, 0.3) is 0 Å². The lowest BCUT2D eigenvalue weighted by atomic mass is 10.1. The van der Waals surface area contributed by atoms with Crippen molar-refractivity contribution in [2.75, 3.05) is 13.2 Å². The Labute approximate surface area is 96.5 Å². The predicted molar refractivity (Wildman–Crippen MR) is 63.5 cm³/mol. The maximum absolute atomic E-state index is 5.79. The average molecular weight is 221 g/mol. The molecule has 1 heterocycles. The standard InChI is InChI=1S/C13H19NO2/c1-10-4-5-11(8-14)13(7-10)16-9-12-3-2-6-15-12/h4-5,7,12H,2-3,6,8-9,14H2,1H3/t12-/m0/s1. The van der Waals surface area contributed by atoms with E-state index in [1.165, 1.54) is 5.56 Å². The number of aryl methyl sites for hydroxylation is 1. The van der Waals surface area contributed by atoms with Gasteiger partial charge in [0, 0.05) is 18.7 Å². The Morgan fingerprint density at radius 2 is 2.38 bits per heavy atom. The molecule has 2 N–H and O–H groups in total. The Balaban J connectivity index is 1.98. The topological polar surface area (TPSA) is 44.5 Å². The van der Waals surface area contributed by atoms with Gasteiger partial charge in [-0.3, -0.25) is 0 Å². The van der Waals surface area contributed by atoms with Crippen LogP contribution in [0.4, 0.5) is 0 Å². The van der Waals surface area contributed by atoms with Gasteiger partial charge in [-0.1, -0.05) is 12.1 Å². The molecular formula is C13H19NO2.